The maximum Gasteiger partial charge on any atom is 0.573 e. The minimum atomic E-state index is -5.07. The number of rotatable bonds is 3. The zero-order valence-electron chi connectivity index (χ0n) is 8.19. The Morgan fingerprint density at radius 3 is 2.53 bits per heavy atom. The average molecular weight is 252 g/mol. The number of hydrogen-bond donors (Lipinski definition) is 2. The molecule has 0 unspecified atom stereocenters. The van der Waals surface area contributed by atoms with Gasteiger partial charge in [0.25, 0.3) is 0 Å². The smallest absolute Gasteiger partial charge is 0.397 e. The molecular formula is C7H7F3N4O3. The monoisotopic (exact) mass is 252 g/mol. The molecule has 0 fully saturated rings. The predicted octanol–water partition coefficient (Wildman–Crippen LogP) is 0.929. The third-order valence-electron chi connectivity index (χ3n) is 1.74. The fraction of sp³-hybridized carbons (Fsp3) is 0.286. The van der Waals surface area contributed by atoms with Crippen molar-refractivity contribution >= 4 is 11.4 Å². The predicted molar refractivity (Wildman–Crippen MR) is 49.9 cm³/mol. The molecule has 0 atom stereocenters. The molecule has 1 aromatic heterocycles. The topological polar surface area (TPSA) is 117 Å². The number of halogens is 3. The number of nitrogens with zero attached hydrogens (tertiary/aromatic N) is 2. The maximum absolute atomic E-state index is 12.0. The van der Waals surface area contributed by atoms with Gasteiger partial charge in [-0.25, -0.2) is 0 Å². The van der Waals surface area contributed by atoms with Crippen LogP contribution in [0.2, 0.25) is 0 Å². The van der Waals surface area contributed by atoms with Gasteiger partial charge in [0.15, 0.2) is 0 Å². The molecule has 0 saturated carbocycles. The van der Waals surface area contributed by atoms with Gasteiger partial charge in [-0.3, -0.25) is 15.1 Å². The Morgan fingerprint density at radius 2 is 2.12 bits per heavy atom. The van der Waals surface area contributed by atoms with E-state index in [0.717, 1.165) is 0 Å². The molecule has 0 aliphatic heterocycles. The molecule has 4 N–H and O–H groups in total. The first kappa shape index (κ1) is 13.0. The van der Waals surface area contributed by atoms with Gasteiger partial charge in [0, 0.05) is 6.54 Å². The summed E-state index contributed by atoms with van der Waals surface area (Å²) in [6.07, 6.45) is -4.51. The third kappa shape index (κ3) is 2.93. The number of nitrogens with two attached hydrogens (primary N) is 2. The zero-order chi connectivity index (χ0) is 13.2. The van der Waals surface area contributed by atoms with Crippen LogP contribution in [0.25, 0.3) is 0 Å². The normalized spacial score (nSPS) is 11.3. The Hall–Kier alpha value is -2.10. The first-order chi connectivity index (χ1) is 7.76. The summed E-state index contributed by atoms with van der Waals surface area (Å²) in [6.45, 7) is -0.237. The number of pyridine rings is 1. The van der Waals surface area contributed by atoms with Crippen molar-refractivity contribution in [1.29, 1.82) is 0 Å². The van der Waals surface area contributed by atoms with E-state index in [-0.39, 0.29) is 12.2 Å². The van der Waals surface area contributed by atoms with Crippen molar-refractivity contribution in [3.05, 3.63) is 22.0 Å². The van der Waals surface area contributed by atoms with Gasteiger partial charge >= 0.3 is 12.0 Å². The van der Waals surface area contributed by atoms with Crippen LogP contribution in [0.15, 0.2) is 6.20 Å². The summed E-state index contributed by atoms with van der Waals surface area (Å²) in [6, 6.07) is 0. The van der Waals surface area contributed by atoms with Crippen LogP contribution in [0.3, 0.4) is 0 Å². The van der Waals surface area contributed by atoms with Gasteiger partial charge in [0.2, 0.25) is 5.75 Å². The zero-order valence-corrected chi connectivity index (χ0v) is 8.19. The Kier molecular flexibility index (Phi) is 3.36. The van der Waals surface area contributed by atoms with Crippen LogP contribution in [-0.4, -0.2) is 16.3 Å². The van der Waals surface area contributed by atoms with E-state index in [2.05, 4.69) is 9.72 Å². The largest absolute Gasteiger partial charge is 0.573 e. The lowest BCUT2D eigenvalue weighted by atomic mass is 10.2. The molecule has 17 heavy (non-hydrogen) atoms. The number of nitrogen functional groups attached to an aromatic ring is 1. The number of hydrogen-bond acceptors (Lipinski definition) is 6. The molecule has 0 amide bonds. The van der Waals surface area contributed by atoms with Gasteiger partial charge in [-0.05, 0) is 0 Å². The van der Waals surface area contributed by atoms with Crippen molar-refractivity contribution < 1.29 is 22.8 Å². The molecule has 0 saturated heterocycles. The first-order valence-corrected chi connectivity index (χ1v) is 4.13. The molecule has 1 rings (SSSR count). The second-order valence-corrected chi connectivity index (χ2v) is 2.84. The van der Waals surface area contributed by atoms with Crippen molar-refractivity contribution in [3.63, 3.8) is 0 Å². The molecule has 7 nitrogen and oxygen atoms in total. The van der Waals surface area contributed by atoms with Crippen LogP contribution >= 0.6 is 0 Å². The molecule has 0 spiro atoms. The highest BCUT2D eigenvalue weighted by atomic mass is 19.4. The van der Waals surface area contributed by atoms with Gasteiger partial charge in [0.05, 0.1) is 16.8 Å². The quantitative estimate of drug-likeness (QED) is 0.610. The standard InChI is InChI=1S/C7H7F3N4O3/c8-7(9,10)17-4-2-13-3(1-11)5(12)6(4)14(15)16/h2H,1,11-12H2. The van der Waals surface area contributed by atoms with Crippen LogP contribution in [-0.2, 0) is 6.54 Å². The SMILES string of the molecule is NCc1ncc(OC(F)(F)F)c([N+](=O)[O-])c1N. The van der Waals surface area contributed by atoms with E-state index in [0.29, 0.717) is 6.20 Å². The van der Waals surface area contributed by atoms with E-state index >= 15 is 0 Å². The number of anilines is 1. The summed E-state index contributed by atoms with van der Waals surface area (Å²) in [5.41, 5.74) is 8.83. The maximum atomic E-state index is 12.0. The Labute approximate surface area is 92.3 Å². The molecule has 0 aromatic carbocycles. The van der Waals surface area contributed by atoms with E-state index in [1.54, 1.807) is 0 Å². The molecule has 1 heterocycles. The lowest BCUT2D eigenvalue weighted by Crippen LogP contribution is -2.19. The Bertz CT molecular complexity index is 449. The fourth-order valence-electron chi connectivity index (χ4n) is 1.09. The summed E-state index contributed by atoms with van der Waals surface area (Å²) >= 11 is 0. The van der Waals surface area contributed by atoms with E-state index in [1.807, 2.05) is 0 Å². The van der Waals surface area contributed by atoms with Crippen LogP contribution in [0.4, 0.5) is 24.5 Å². The van der Waals surface area contributed by atoms with E-state index in [1.165, 1.54) is 0 Å². The van der Waals surface area contributed by atoms with Gasteiger partial charge in [0.1, 0.15) is 5.69 Å². The van der Waals surface area contributed by atoms with Gasteiger partial charge < -0.3 is 16.2 Å². The van der Waals surface area contributed by atoms with E-state index in [4.69, 9.17) is 11.5 Å². The van der Waals surface area contributed by atoms with E-state index < -0.39 is 28.4 Å². The molecule has 0 aliphatic carbocycles. The van der Waals surface area contributed by atoms with Gasteiger partial charge in [-0.2, -0.15) is 0 Å². The molecule has 0 radical (unpaired) electrons. The first-order valence-electron chi connectivity index (χ1n) is 4.13. The van der Waals surface area contributed by atoms with Crippen molar-refractivity contribution in [2.24, 2.45) is 5.73 Å². The van der Waals surface area contributed by atoms with Gasteiger partial charge in [-0.1, -0.05) is 0 Å². The number of nitro groups is 1. The van der Waals surface area contributed by atoms with Crippen LogP contribution in [0.1, 0.15) is 5.69 Å². The summed E-state index contributed by atoms with van der Waals surface area (Å²) in [5, 5.41) is 10.6. The highest BCUT2D eigenvalue weighted by Crippen LogP contribution is 2.36. The molecular weight excluding hydrogens is 245 g/mol. The highest BCUT2D eigenvalue weighted by molar-refractivity contribution is 5.67. The van der Waals surface area contributed by atoms with Crippen LogP contribution in [0, 0.1) is 10.1 Å². The highest BCUT2D eigenvalue weighted by Gasteiger charge is 2.36. The Morgan fingerprint density at radius 1 is 1.53 bits per heavy atom. The summed E-state index contributed by atoms with van der Waals surface area (Å²) in [4.78, 5) is 13.0. The van der Waals surface area contributed by atoms with Crippen molar-refractivity contribution in [1.82, 2.24) is 4.98 Å². The molecule has 10 heteroatoms. The third-order valence-corrected chi connectivity index (χ3v) is 1.74. The number of alkyl halides is 3. The Balaban J connectivity index is 3.32. The average Bonchev–Trinajstić information content (AvgIpc) is 2.14. The second kappa shape index (κ2) is 4.41. The lowest BCUT2D eigenvalue weighted by Gasteiger charge is -2.11. The van der Waals surface area contributed by atoms with Gasteiger partial charge in [-0.15, -0.1) is 13.2 Å². The van der Waals surface area contributed by atoms with Crippen molar-refractivity contribution in [3.8, 4) is 5.75 Å². The lowest BCUT2D eigenvalue weighted by molar-refractivity contribution is -0.387. The number of aromatic nitrogens is 1. The summed E-state index contributed by atoms with van der Waals surface area (Å²) in [5.74, 6) is -1.07. The van der Waals surface area contributed by atoms with Crippen LogP contribution < -0.4 is 16.2 Å². The minimum Gasteiger partial charge on any atom is -0.397 e. The summed E-state index contributed by atoms with van der Waals surface area (Å²) < 4.78 is 39.3. The molecule has 0 aliphatic rings. The fourth-order valence-corrected chi connectivity index (χ4v) is 1.09. The molecule has 0 bridgehead atoms. The van der Waals surface area contributed by atoms with E-state index in [9.17, 15) is 23.3 Å². The van der Waals surface area contributed by atoms with Crippen molar-refractivity contribution in [2.45, 2.75) is 12.9 Å². The molecule has 94 valence electrons. The summed E-state index contributed by atoms with van der Waals surface area (Å²) in [7, 11) is 0. The van der Waals surface area contributed by atoms with Crippen molar-refractivity contribution in [2.75, 3.05) is 5.73 Å². The van der Waals surface area contributed by atoms with Crippen LogP contribution in [0.5, 0.6) is 5.75 Å². The minimum absolute atomic E-state index is 0.0776. The molecule has 1 aromatic rings. The second-order valence-electron chi connectivity index (χ2n) is 2.84. The number of ether oxygens (including phenoxy) is 1.